The van der Waals surface area contributed by atoms with Crippen molar-refractivity contribution < 1.29 is 23.5 Å². The van der Waals surface area contributed by atoms with Gasteiger partial charge in [0.2, 0.25) is 5.91 Å². The van der Waals surface area contributed by atoms with Crippen molar-refractivity contribution in [3.63, 3.8) is 0 Å². The molecule has 170 valence electrons. The van der Waals surface area contributed by atoms with E-state index in [0.717, 1.165) is 18.4 Å². The molecule has 2 fully saturated rings. The molecule has 1 aromatic rings. The van der Waals surface area contributed by atoms with Gasteiger partial charge in [-0.15, -0.1) is 0 Å². The van der Waals surface area contributed by atoms with Gasteiger partial charge in [0.05, 0.1) is 6.54 Å². The monoisotopic (exact) mass is 432 g/mol. The molecule has 1 saturated heterocycles. The highest BCUT2D eigenvalue weighted by Gasteiger charge is 2.33. The van der Waals surface area contributed by atoms with Crippen LogP contribution in [0.2, 0.25) is 0 Å². The second kappa shape index (κ2) is 9.79. The predicted molar refractivity (Wildman–Crippen MR) is 116 cm³/mol. The maximum Gasteiger partial charge on any atom is 0.408 e. The largest absolute Gasteiger partial charge is 0.444 e. The number of likely N-dealkylation sites (tertiary alicyclic amines) is 1. The lowest BCUT2D eigenvalue weighted by Gasteiger charge is -2.26. The summed E-state index contributed by atoms with van der Waals surface area (Å²) in [5.74, 6) is 0.427. The lowest BCUT2D eigenvalue weighted by molar-refractivity contribution is -0.132. The van der Waals surface area contributed by atoms with Crippen molar-refractivity contribution in [1.29, 1.82) is 0 Å². The van der Waals surface area contributed by atoms with Crippen LogP contribution in [0.1, 0.15) is 69.9 Å². The zero-order valence-corrected chi connectivity index (χ0v) is 18.7. The zero-order valence-electron chi connectivity index (χ0n) is 18.7. The Kier molecular flexibility index (Phi) is 7.34. The highest BCUT2D eigenvalue weighted by atomic mass is 19.1. The van der Waals surface area contributed by atoms with Gasteiger partial charge in [-0.3, -0.25) is 9.59 Å². The highest BCUT2D eigenvalue weighted by molar-refractivity contribution is 5.86. The van der Waals surface area contributed by atoms with Gasteiger partial charge in [-0.1, -0.05) is 24.3 Å². The summed E-state index contributed by atoms with van der Waals surface area (Å²) in [4.78, 5) is 38.3. The van der Waals surface area contributed by atoms with Gasteiger partial charge in [0, 0.05) is 25.8 Å². The van der Waals surface area contributed by atoms with Crippen LogP contribution < -0.4 is 5.32 Å². The molecule has 0 aromatic heterocycles. The first-order valence-corrected chi connectivity index (χ1v) is 11.1. The minimum atomic E-state index is -1.02. The molecule has 1 aliphatic carbocycles. The van der Waals surface area contributed by atoms with Crippen LogP contribution in [0.5, 0.6) is 0 Å². The average Bonchev–Trinajstić information content (AvgIpc) is 3.13. The molecule has 7 heteroatoms. The molecule has 0 bridgehead atoms. The number of amides is 2. The Morgan fingerprint density at radius 3 is 2.35 bits per heavy atom. The molecule has 0 spiro atoms. The van der Waals surface area contributed by atoms with Gasteiger partial charge in [0.15, 0.2) is 0 Å². The number of carbonyl (C=O) groups is 3. The first-order valence-electron chi connectivity index (χ1n) is 11.1. The van der Waals surface area contributed by atoms with E-state index in [2.05, 4.69) is 5.32 Å². The Labute approximate surface area is 183 Å². The molecular formula is C24H33FN2O4. The number of alkyl halides is 1. The van der Waals surface area contributed by atoms with E-state index in [1.165, 1.54) is 10.5 Å². The number of rotatable bonds is 5. The molecule has 1 unspecified atom stereocenters. The second-order valence-electron chi connectivity index (χ2n) is 9.63. The molecule has 3 rings (SSSR count). The van der Waals surface area contributed by atoms with E-state index in [0.29, 0.717) is 43.9 Å². The molecule has 0 radical (unpaired) electrons. The highest BCUT2D eigenvalue weighted by Crippen LogP contribution is 2.31. The molecule has 6 nitrogen and oxygen atoms in total. The van der Waals surface area contributed by atoms with E-state index < -0.39 is 23.9 Å². The zero-order chi connectivity index (χ0) is 22.6. The van der Waals surface area contributed by atoms with Gasteiger partial charge in [0.1, 0.15) is 23.6 Å². The Hall–Kier alpha value is -2.44. The summed E-state index contributed by atoms with van der Waals surface area (Å²) in [5.41, 5.74) is 1.42. The predicted octanol–water partition coefficient (Wildman–Crippen LogP) is 3.92. The molecule has 2 aliphatic rings. The van der Waals surface area contributed by atoms with Crippen molar-refractivity contribution in [2.24, 2.45) is 0 Å². The summed E-state index contributed by atoms with van der Waals surface area (Å²) in [7, 11) is 0. The Morgan fingerprint density at radius 1 is 1.16 bits per heavy atom. The van der Waals surface area contributed by atoms with Gasteiger partial charge in [0.25, 0.3) is 0 Å². The van der Waals surface area contributed by atoms with Gasteiger partial charge in [-0.2, -0.15) is 0 Å². The van der Waals surface area contributed by atoms with Crippen LogP contribution in [0.3, 0.4) is 0 Å². The molecule has 31 heavy (non-hydrogen) atoms. The number of ketones is 1. The normalized spacial score (nSPS) is 21.1. The fourth-order valence-electron chi connectivity index (χ4n) is 4.22. The quantitative estimate of drug-likeness (QED) is 0.765. The van der Waals surface area contributed by atoms with Crippen molar-refractivity contribution in [1.82, 2.24) is 10.2 Å². The Balaban J connectivity index is 1.68. The third-order valence-electron chi connectivity index (χ3n) is 5.87. The fraction of sp³-hybridized carbons (Fsp3) is 0.625. The third-order valence-corrected chi connectivity index (χ3v) is 5.87. The minimum absolute atomic E-state index is 0.0602. The smallest absolute Gasteiger partial charge is 0.408 e. The third kappa shape index (κ3) is 6.77. The molecule has 2 amide bonds. The van der Waals surface area contributed by atoms with Crippen molar-refractivity contribution >= 4 is 17.8 Å². The Bertz CT molecular complexity index is 793. The van der Waals surface area contributed by atoms with E-state index in [-0.39, 0.29) is 12.5 Å². The average molecular weight is 433 g/mol. The number of Topliss-reactive ketones (excluding diaryl/α,β-unsaturated/α-hetero) is 1. The van der Waals surface area contributed by atoms with E-state index in [1.54, 1.807) is 20.8 Å². The first-order chi connectivity index (χ1) is 14.6. The van der Waals surface area contributed by atoms with Crippen LogP contribution in [0.15, 0.2) is 24.3 Å². The number of halogens is 1. The van der Waals surface area contributed by atoms with Crippen molar-refractivity contribution in [2.75, 3.05) is 13.1 Å². The number of nitrogens with zero attached hydrogens (tertiary/aromatic N) is 1. The van der Waals surface area contributed by atoms with Crippen molar-refractivity contribution in [3.8, 4) is 0 Å². The van der Waals surface area contributed by atoms with Crippen LogP contribution in [-0.2, 0) is 20.7 Å². The standard InChI is InChI=1S/C24H33FN2O4/c1-24(2,3)31-23(30)26-21(22(29)27-13-12-19(25)15-27)14-16-4-6-17(7-5-16)18-8-10-20(28)11-9-18/h4-7,18-19,21H,8-15H2,1-3H3,(H,26,30)/t19?,21-/m0/s1. The van der Waals surface area contributed by atoms with E-state index >= 15 is 0 Å². The van der Waals surface area contributed by atoms with Gasteiger partial charge >= 0.3 is 6.09 Å². The van der Waals surface area contributed by atoms with Crippen LogP contribution in [0.25, 0.3) is 0 Å². The molecule has 1 aromatic carbocycles. The molecule has 1 N–H and O–H groups in total. The molecule has 1 saturated carbocycles. The number of nitrogens with one attached hydrogen (secondary N) is 1. The van der Waals surface area contributed by atoms with Crippen LogP contribution in [-0.4, -0.2) is 53.6 Å². The molecule has 2 atom stereocenters. The molecule has 1 aliphatic heterocycles. The number of hydrogen-bond donors (Lipinski definition) is 1. The fourth-order valence-corrected chi connectivity index (χ4v) is 4.22. The van der Waals surface area contributed by atoms with Crippen LogP contribution in [0.4, 0.5) is 9.18 Å². The number of hydrogen-bond acceptors (Lipinski definition) is 4. The van der Waals surface area contributed by atoms with Gasteiger partial charge in [-0.25, -0.2) is 9.18 Å². The molecular weight excluding hydrogens is 399 g/mol. The lowest BCUT2D eigenvalue weighted by Crippen LogP contribution is -2.50. The summed E-state index contributed by atoms with van der Waals surface area (Å²) < 4.78 is 19.0. The van der Waals surface area contributed by atoms with Crippen molar-refractivity contribution in [3.05, 3.63) is 35.4 Å². The topological polar surface area (TPSA) is 75.7 Å². The summed E-state index contributed by atoms with van der Waals surface area (Å²) in [6.45, 7) is 5.69. The molecule has 1 heterocycles. The number of benzene rings is 1. The maximum absolute atomic E-state index is 13.6. The summed E-state index contributed by atoms with van der Waals surface area (Å²) >= 11 is 0. The van der Waals surface area contributed by atoms with E-state index in [9.17, 15) is 18.8 Å². The summed E-state index contributed by atoms with van der Waals surface area (Å²) in [5, 5.41) is 2.68. The Morgan fingerprint density at radius 2 is 1.81 bits per heavy atom. The van der Waals surface area contributed by atoms with Crippen LogP contribution >= 0.6 is 0 Å². The van der Waals surface area contributed by atoms with Gasteiger partial charge in [-0.05, 0) is 57.1 Å². The summed E-state index contributed by atoms with van der Waals surface area (Å²) in [6, 6.07) is 7.18. The minimum Gasteiger partial charge on any atom is -0.444 e. The summed E-state index contributed by atoms with van der Waals surface area (Å²) in [6.07, 6.45) is 1.96. The number of alkyl carbamates (subject to hydrolysis) is 1. The number of ether oxygens (including phenoxy) is 1. The van der Waals surface area contributed by atoms with Crippen molar-refractivity contribution in [2.45, 2.75) is 83.0 Å². The first kappa shape index (κ1) is 23.2. The van der Waals surface area contributed by atoms with E-state index in [1.807, 2.05) is 24.3 Å². The number of carbonyl (C=O) groups excluding carboxylic acids is 3. The lowest BCUT2D eigenvalue weighted by atomic mass is 9.83. The SMILES string of the molecule is CC(C)(C)OC(=O)N[C@@H](Cc1ccc(C2CCC(=O)CC2)cc1)C(=O)N1CCC(F)C1. The maximum atomic E-state index is 13.6. The van der Waals surface area contributed by atoms with Crippen LogP contribution in [0, 0.1) is 0 Å². The van der Waals surface area contributed by atoms with E-state index in [4.69, 9.17) is 4.74 Å². The second-order valence-corrected chi connectivity index (χ2v) is 9.63. The van der Waals surface area contributed by atoms with Gasteiger partial charge < -0.3 is 15.0 Å².